The Hall–Kier alpha value is -1.43. The Labute approximate surface area is 174 Å². The van der Waals surface area contributed by atoms with Crippen LogP contribution >= 0.6 is 55.8 Å². The first kappa shape index (κ1) is 20.9. The van der Waals surface area contributed by atoms with E-state index in [0.29, 0.717) is 14.5 Å². The van der Waals surface area contributed by atoms with Gasteiger partial charge in [0.1, 0.15) is 16.1 Å². The first-order valence-corrected chi connectivity index (χ1v) is 9.82. The van der Waals surface area contributed by atoms with Gasteiger partial charge in [0.2, 0.25) is 0 Å². The minimum Gasteiger partial charge on any atom is -0.506 e. The molecular formula is C15H11Br2NO6S2. The van der Waals surface area contributed by atoms with Crippen LogP contribution in [0.25, 0.3) is 6.08 Å². The monoisotopic (exact) mass is 523 g/mol. The molecule has 0 saturated carbocycles. The number of halogens is 2. The third-order valence-electron chi connectivity index (χ3n) is 3.40. The number of phenols is 1. The molecule has 1 fully saturated rings. The van der Waals surface area contributed by atoms with Crippen LogP contribution < -0.4 is 0 Å². The molecule has 3 N–H and O–H groups in total. The summed E-state index contributed by atoms with van der Waals surface area (Å²) in [4.78, 5) is 35.9. The lowest BCUT2D eigenvalue weighted by molar-refractivity contribution is -0.146. The van der Waals surface area contributed by atoms with Gasteiger partial charge in [0, 0.05) is 16.5 Å². The Morgan fingerprint density at radius 3 is 2.54 bits per heavy atom. The minimum absolute atomic E-state index is 0.0209. The zero-order valence-electron chi connectivity index (χ0n) is 12.8. The van der Waals surface area contributed by atoms with E-state index in [1.165, 1.54) is 6.08 Å². The molecule has 7 nitrogen and oxygen atoms in total. The second-order valence-electron chi connectivity index (χ2n) is 5.16. The Morgan fingerprint density at radius 1 is 1.31 bits per heavy atom. The number of benzene rings is 1. The summed E-state index contributed by atoms with van der Waals surface area (Å²) in [5.74, 6) is -3.23. The number of phenolic OH excluding ortho intramolecular Hbond substituents is 1. The van der Waals surface area contributed by atoms with Crippen molar-refractivity contribution in [3.8, 4) is 5.75 Å². The second-order valence-corrected chi connectivity index (χ2v) is 8.61. The summed E-state index contributed by atoms with van der Waals surface area (Å²) >= 11 is 12.5. The van der Waals surface area contributed by atoms with Crippen molar-refractivity contribution in [1.29, 1.82) is 0 Å². The van der Waals surface area contributed by atoms with E-state index in [9.17, 15) is 24.6 Å². The Morgan fingerprint density at radius 2 is 1.96 bits per heavy atom. The second kappa shape index (κ2) is 8.51. The number of carboxylic acid groups (broad SMARTS) is 2. The highest BCUT2D eigenvalue weighted by Gasteiger charge is 2.40. The van der Waals surface area contributed by atoms with Gasteiger partial charge in [-0.25, -0.2) is 4.79 Å². The van der Waals surface area contributed by atoms with Gasteiger partial charge in [0.15, 0.2) is 0 Å². The molecule has 138 valence electrons. The van der Waals surface area contributed by atoms with Crippen molar-refractivity contribution in [3.63, 3.8) is 0 Å². The van der Waals surface area contributed by atoms with Crippen LogP contribution in [0.3, 0.4) is 0 Å². The zero-order valence-corrected chi connectivity index (χ0v) is 17.6. The Balaban J connectivity index is 2.36. The predicted octanol–water partition coefficient (Wildman–Crippen LogP) is 3.44. The van der Waals surface area contributed by atoms with Crippen molar-refractivity contribution in [3.05, 3.63) is 31.5 Å². The molecule has 1 amide bonds. The fraction of sp³-hybridized carbons (Fsp3) is 0.200. The number of nitrogens with zero attached hydrogens (tertiary/aromatic N) is 1. The van der Waals surface area contributed by atoms with Crippen LogP contribution in [0.2, 0.25) is 0 Å². The van der Waals surface area contributed by atoms with Crippen molar-refractivity contribution in [2.24, 2.45) is 0 Å². The molecule has 0 bridgehead atoms. The summed E-state index contributed by atoms with van der Waals surface area (Å²) in [6, 6.07) is 1.85. The molecule has 1 aliphatic rings. The van der Waals surface area contributed by atoms with E-state index in [0.717, 1.165) is 16.7 Å². The standard InChI is InChI=1S/C15H11Br2NO6S2/c16-7-3-6(12(21)8(17)5-7)4-10-13(22)18(15(25)26-10)9(14(23)24)1-2-11(19)20/h3-5,9,21H,1-2H2,(H,19,20)(H,23,24)/b10-4-. The molecule has 2 rings (SSSR count). The summed E-state index contributed by atoms with van der Waals surface area (Å²) in [6.07, 6.45) is 0.727. The molecule has 0 radical (unpaired) electrons. The van der Waals surface area contributed by atoms with Crippen molar-refractivity contribution in [2.75, 3.05) is 0 Å². The number of carbonyl (C=O) groups is 3. The normalized spacial score (nSPS) is 17.0. The van der Waals surface area contributed by atoms with E-state index < -0.39 is 30.3 Å². The van der Waals surface area contributed by atoms with Crippen molar-refractivity contribution >= 4 is 84.1 Å². The van der Waals surface area contributed by atoms with Gasteiger partial charge in [-0.15, -0.1) is 0 Å². The fourth-order valence-corrected chi connectivity index (χ4v) is 4.81. The molecule has 0 aromatic heterocycles. The first-order chi connectivity index (χ1) is 12.1. The van der Waals surface area contributed by atoms with Gasteiger partial charge in [0.25, 0.3) is 5.91 Å². The van der Waals surface area contributed by atoms with Gasteiger partial charge in [0.05, 0.1) is 9.38 Å². The molecule has 0 spiro atoms. The summed E-state index contributed by atoms with van der Waals surface area (Å²) < 4.78 is 1.10. The number of carbonyl (C=O) groups excluding carboxylic acids is 1. The third-order valence-corrected chi connectivity index (χ3v) is 5.79. The van der Waals surface area contributed by atoms with Gasteiger partial charge in [-0.3, -0.25) is 14.5 Å². The van der Waals surface area contributed by atoms with Crippen molar-refractivity contribution in [2.45, 2.75) is 18.9 Å². The fourth-order valence-electron chi connectivity index (χ4n) is 2.21. The van der Waals surface area contributed by atoms with Crippen LogP contribution in [-0.4, -0.2) is 48.4 Å². The van der Waals surface area contributed by atoms with E-state index in [2.05, 4.69) is 31.9 Å². The molecule has 1 atom stereocenters. The lowest BCUT2D eigenvalue weighted by Gasteiger charge is -2.22. The van der Waals surface area contributed by atoms with Gasteiger partial charge < -0.3 is 15.3 Å². The number of thiocarbonyl (C=S) groups is 1. The number of aromatic hydroxyl groups is 1. The van der Waals surface area contributed by atoms with E-state index >= 15 is 0 Å². The quantitative estimate of drug-likeness (QED) is 0.383. The minimum atomic E-state index is -1.37. The van der Waals surface area contributed by atoms with E-state index in [1.54, 1.807) is 12.1 Å². The summed E-state index contributed by atoms with van der Waals surface area (Å²) in [5.41, 5.74) is 0.337. The number of hydrogen-bond acceptors (Lipinski definition) is 6. The van der Waals surface area contributed by atoms with Gasteiger partial charge in [-0.2, -0.15) is 0 Å². The third kappa shape index (κ3) is 4.64. The van der Waals surface area contributed by atoms with Gasteiger partial charge in [-0.1, -0.05) is 39.9 Å². The van der Waals surface area contributed by atoms with E-state index in [-0.39, 0.29) is 21.4 Å². The molecule has 11 heteroatoms. The molecule has 0 aliphatic carbocycles. The maximum atomic E-state index is 12.6. The number of aliphatic carboxylic acids is 2. The molecule has 1 heterocycles. The summed E-state index contributed by atoms with van der Waals surface area (Å²) in [6.45, 7) is 0. The highest BCUT2D eigenvalue weighted by molar-refractivity contribution is 9.11. The van der Waals surface area contributed by atoms with Crippen LogP contribution in [-0.2, 0) is 14.4 Å². The average Bonchev–Trinajstić information content (AvgIpc) is 2.79. The maximum absolute atomic E-state index is 12.6. The van der Waals surface area contributed by atoms with Gasteiger partial charge >= 0.3 is 11.9 Å². The SMILES string of the molecule is O=C(O)CCC(C(=O)O)N1C(=O)/C(=C/c2cc(Br)cc(Br)c2O)SC1=S. The highest BCUT2D eigenvalue weighted by Crippen LogP contribution is 2.38. The number of rotatable bonds is 6. The highest BCUT2D eigenvalue weighted by atomic mass is 79.9. The van der Waals surface area contributed by atoms with Crippen LogP contribution in [0, 0.1) is 0 Å². The molecule has 1 aromatic rings. The number of hydrogen-bond donors (Lipinski definition) is 3. The van der Waals surface area contributed by atoms with Crippen LogP contribution in [0.4, 0.5) is 0 Å². The molecule has 26 heavy (non-hydrogen) atoms. The first-order valence-electron chi connectivity index (χ1n) is 7.01. The van der Waals surface area contributed by atoms with Crippen LogP contribution in [0.5, 0.6) is 5.75 Å². The van der Waals surface area contributed by atoms with Crippen LogP contribution in [0.1, 0.15) is 18.4 Å². The molecular weight excluding hydrogens is 514 g/mol. The largest absolute Gasteiger partial charge is 0.506 e. The molecule has 1 aromatic carbocycles. The predicted molar refractivity (Wildman–Crippen MR) is 107 cm³/mol. The van der Waals surface area contributed by atoms with Crippen LogP contribution in [0.15, 0.2) is 26.0 Å². The lowest BCUT2D eigenvalue weighted by Crippen LogP contribution is -2.44. The number of carboxylic acids is 2. The number of amides is 1. The topological polar surface area (TPSA) is 115 Å². The van der Waals surface area contributed by atoms with E-state index in [1.807, 2.05) is 0 Å². The smallest absolute Gasteiger partial charge is 0.326 e. The molecule has 1 aliphatic heterocycles. The summed E-state index contributed by atoms with van der Waals surface area (Å²) in [5, 5.41) is 28.2. The maximum Gasteiger partial charge on any atom is 0.326 e. The lowest BCUT2D eigenvalue weighted by atomic mass is 10.1. The van der Waals surface area contributed by atoms with Crippen molar-refractivity contribution in [1.82, 2.24) is 4.90 Å². The molecule has 1 unspecified atom stereocenters. The van der Waals surface area contributed by atoms with E-state index in [4.69, 9.17) is 17.3 Å². The Kier molecular flexibility index (Phi) is 6.83. The van der Waals surface area contributed by atoms with Gasteiger partial charge in [-0.05, 0) is 40.6 Å². The Bertz CT molecular complexity index is 842. The molecule has 1 saturated heterocycles. The average molecular weight is 525 g/mol. The zero-order chi connectivity index (χ0) is 19.6. The summed E-state index contributed by atoms with van der Waals surface area (Å²) in [7, 11) is 0. The van der Waals surface area contributed by atoms with Crippen molar-refractivity contribution < 1.29 is 29.7 Å². The number of thioether (sulfide) groups is 1.